The summed E-state index contributed by atoms with van der Waals surface area (Å²) in [4.78, 5) is 15.4. The first-order valence-electron chi connectivity index (χ1n) is 5.41. The molecule has 0 fully saturated rings. The van der Waals surface area contributed by atoms with Crippen molar-refractivity contribution in [2.24, 2.45) is 0 Å². The van der Waals surface area contributed by atoms with E-state index in [0.29, 0.717) is 4.47 Å². The molecule has 0 radical (unpaired) electrons. The monoisotopic (exact) mass is 328 g/mol. The van der Waals surface area contributed by atoms with Gasteiger partial charge in [0.15, 0.2) is 0 Å². The van der Waals surface area contributed by atoms with E-state index in [0.717, 1.165) is 0 Å². The van der Waals surface area contributed by atoms with Gasteiger partial charge in [-0.1, -0.05) is 15.9 Å². The quantitative estimate of drug-likeness (QED) is 0.876. The zero-order chi connectivity index (χ0) is 14.0. The molecular formula is C12H10BrFN2O3. The van der Waals surface area contributed by atoms with E-state index in [1.807, 2.05) is 0 Å². The summed E-state index contributed by atoms with van der Waals surface area (Å²) in [5, 5.41) is 0. The second-order valence-electron chi connectivity index (χ2n) is 3.58. The molecule has 0 saturated heterocycles. The number of ether oxygens (including phenoxy) is 1. The van der Waals surface area contributed by atoms with Crippen LogP contribution in [0.1, 0.15) is 17.4 Å². The first-order chi connectivity index (χ1) is 9.02. The number of carbonyl (C=O) groups is 1. The number of carbonyl (C=O) groups excluding carboxylic acids is 1. The Morgan fingerprint density at radius 3 is 3.00 bits per heavy atom. The summed E-state index contributed by atoms with van der Waals surface area (Å²) in [6, 6.07) is 4.27. The molecule has 2 N–H and O–H groups in total. The van der Waals surface area contributed by atoms with Crippen LogP contribution < -0.4 is 5.73 Å². The summed E-state index contributed by atoms with van der Waals surface area (Å²) in [6.45, 7) is 1.84. The summed E-state index contributed by atoms with van der Waals surface area (Å²) in [5.74, 6) is -1.50. The van der Waals surface area contributed by atoms with Gasteiger partial charge in [-0.3, -0.25) is 0 Å². The molecule has 2 rings (SSSR count). The van der Waals surface area contributed by atoms with Gasteiger partial charge in [-0.25, -0.2) is 9.18 Å². The lowest BCUT2D eigenvalue weighted by molar-refractivity contribution is 0.0521. The number of nitrogen functional groups attached to an aromatic ring is 1. The van der Waals surface area contributed by atoms with Crippen molar-refractivity contribution in [1.29, 1.82) is 0 Å². The van der Waals surface area contributed by atoms with Crippen LogP contribution >= 0.6 is 15.9 Å². The van der Waals surface area contributed by atoms with Crippen LogP contribution in [0.15, 0.2) is 27.1 Å². The highest BCUT2D eigenvalue weighted by molar-refractivity contribution is 9.10. The van der Waals surface area contributed by atoms with Gasteiger partial charge < -0.3 is 14.9 Å². The molecule has 0 spiro atoms. The molecule has 0 bridgehead atoms. The van der Waals surface area contributed by atoms with Crippen molar-refractivity contribution in [2.75, 3.05) is 12.3 Å². The maximum Gasteiger partial charge on any atom is 0.362 e. The molecule has 0 aliphatic carbocycles. The molecule has 100 valence electrons. The zero-order valence-electron chi connectivity index (χ0n) is 9.94. The molecule has 0 unspecified atom stereocenters. The average molecular weight is 329 g/mol. The third-order valence-electron chi connectivity index (χ3n) is 2.28. The van der Waals surface area contributed by atoms with Crippen LogP contribution in [0.4, 0.5) is 10.3 Å². The van der Waals surface area contributed by atoms with Gasteiger partial charge in [0.25, 0.3) is 0 Å². The largest absolute Gasteiger partial charge is 0.461 e. The van der Waals surface area contributed by atoms with Crippen molar-refractivity contribution in [1.82, 2.24) is 4.98 Å². The zero-order valence-corrected chi connectivity index (χ0v) is 11.5. The Morgan fingerprint density at radius 2 is 2.32 bits per heavy atom. The van der Waals surface area contributed by atoms with Crippen LogP contribution in [0.3, 0.4) is 0 Å². The number of rotatable bonds is 3. The number of nitrogens with zero attached hydrogens (tertiary/aromatic N) is 1. The van der Waals surface area contributed by atoms with Crippen molar-refractivity contribution in [3.63, 3.8) is 0 Å². The summed E-state index contributed by atoms with van der Waals surface area (Å²) in [7, 11) is 0. The highest BCUT2D eigenvalue weighted by atomic mass is 79.9. The van der Waals surface area contributed by atoms with Crippen LogP contribution in [-0.2, 0) is 4.74 Å². The van der Waals surface area contributed by atoms with E-state index in [1.54, 1.807) is 6.92 Å². The van der Waals surface area contributed by atoms with Gasteiger partial charge in [0.1, 0.15) is 5.82 Å². The van der Waals surface area contributed by atoms with Gasteiger partial charge >= 0.3 is 5.97 Å². The minimum atomic E-state index is -0.703. The topological polar surface area (TPSA) is 78.3 Å². The molecule has 1 heterocycles. The fraction of sp³-hybridized carbons (Fsp3) is 0.167. The molecule has 0 aliphatic rings. The highest BCUT2D eigenvalue weighted by Gasteiger charge is 2.21. The smallest absolute Gasteiger partial charge is 0.362 e. The second kappa shape index (κ2) is 5.40. The van der Waals surface area contributed by atoms with Crippen LogP contribution in [0, 0.1) is 5.82 Å². The lowest BCUT2D eigenvalue weighted by Crippen LogP contribution is -2.07. The predicted octanol–water partition coefficient (Wildman–Crippen LogP) is 3.00. The Balaban J connectivity index is 2.44. The fourth-order valence-corrected chi connectivity index (χ4v) is 1.82. The van der Waals surface area contributed by atoms with Crippen LogP contribution in [-0.4, -0.2) is 17.6 Å². The molecule has 0 atom stereocenters. The maximum atomic E-state index is 13.7. The van der Waals surface area contributed by atoms with Gasteiger partial charge in [0.2, 0.25) is 17.5 Å². The fourth-order valence-electron chi connectivity index (χ4n) is 1.45. The predicted molar refractivity (Wildman–Crippen MR) is 70.0 cm³/mol. The van der Waals surface area contributed by atoms with Crippen molar-refractivity contribution in [3.8, 4) is 11.5 Å². The molecule has 1 aromatic carbocycles. The average Bonchev–Trinajstić information content (AvgIpc) is 2.74. The van der Waals surface area contributed by atoms with Gasteiger partial charge in [0, 0.05) is 4.47 Å². The Hall–Kier alpha value is -1.89. The number of esters is 1. The third-order valence-corrected chi connectivity index (χ3v) is 2.77. The van der Waals surface area contributed by atoms with E-state index in [9.17, 15) is 9.18 Å². The maximum absolute atomic E-state index is 13.7. The molecule has 5 nitrogen and oxygen atoms in total. The van der Waals surface area contributed by atoms with E-state index < -0.39 is 11.8 Å². The number of benzene rings is 1. The van der Waals surface area contributed by atoms with E-state index >= 15 is 0 Å². The van der Waals surface area contributed by atoms with Gasteiger partial charge in [-0.2, -0.15) is 4.98 Å². The van der Waals surface area contributed by atoms with E-state index in [1.165, 1.54) is 18.2 Å². The van der Waals surface area contributed by atoms with Crippen LogP contribution in [0.2, 0.25) is 0 Å². The SMILES string of the molecule is CCOC(=O)c1nc(-c2cc(Br)ccc2F)oc1N. The minimum absolute atomic E-state index is 0.0700. The van der Waals surface area contributed by atoms with Gasteiger partial charge in [-0.05, 0) is 25.1 Å². The summed E-state index contributed by atoms with van der Waals surface area (Å²) in [5.41, 5.74) is 5.49. The molecule has 0 amide bonds. The Bertz CT molecular complexity index is 627. The first-order valence-corrected chi connectivity index (χ1v) is 6.21. The van der Waals surface area contributed by atoms with Crippen LogP contribution in [0.25, 0.3) is 11.5 Å². The van der Waals surface area contributed by atoms with Crippen molar-refractivity contribution in [3.05, 3.63) is 34.2 Å². The summed E-state index contributed by atoms with van der Waals surface area (Å²) >= 11 is 3.21. The van der Waals surface area contributed by atoms with E-state index in [-0.39, 0.29) is 29.6 Å². The third kappa shape index (κ3) is 2.76. The number of oxazole rings is 1. The highest BCUT2D eigenvalue weighted by Crippen LogP contribution is 2.28. The Kier molecular flexibility index (Phi) is 3.84. The van der Waals surface area contributed by atoms with E-state index in [2.05, 4.69) is 20.9 Å². The van der Waals surface area contributed by atoms with Crippen molar-refractivity contribution >= 4 is 27.8 Å². The standard InChI is InChI=1S/C12H10BrFN2O3/c1-2-18-12(17)9-10(15)19-11(16-9)7-5-6(13)3-4-8(7)14/h3-5H,2,15H2,1H3. The van der Waals surface area contributed by atoms with E-state index in [4.69, 9.17) is 14.9 Å². The summed E-state index contributed by atoms with van der Waals surface area (Å²) in [6.07, 6.45) is 0. The Labute approximate surface area is 116 Å². The Morgan fingerprint density at radius 1 is 1.58 bits per heavy atom. The molecule has 0 aliphatic heterocycles. The van der Waals surface area contributed by atoms with Crippen molar-refractivity contribution in [2.45, 2.75) is 6.92 Å². The minimum Gasteiger partial charge on any atom is -0.461 e. The second-order valence-corrected chi connectivity index (χ2v) is 4.49. The molecule has 0 saturated carbocycles. The normalized spacial score (nSPS) is 10.5. The summed E-state index contributed by atoms with van der Waals surface area (Å²) < 4.78 is 24.2. The van der Waals surface area contributed by atoms with Gasteiger partial charge in [0.05, 0.1) is 12.2 Å². The number of aromatic nitrogens is 1. The number of hydrogen-bond donors (Lipinski definition) is 1. The molecule has 19 heavy (non-hydrogen) atoms. The van der Waals surface area contributed by atoms with Crippen LogP contribution in [0.5, 0.6) is 0 Å². The van der Waals surface area contributed by atoms with Gasteiger partial charge in [-0.15, -0.1) is 0 Å². The molecule has 1 aromatic heterocycles. The lowest BCUT2D eigenvalue weighted by Gasteiger charge is -1.98. The lowest BCUT2D eigenvalue weighted by atomic mass is 10.2. The number of anilines is 1. The number of halogens is 2. The first kappa shape index (κ1) is 13.5. The van der Waals surface area contributed by atoms with Crippen molar-refractivity contribution < 1.29 is 18.3 Å². The number of hydrogen-bond acceptors (Lipinski definition) is 5. The molecular weight excluding hydrogens is 319 g/mol. The number of nitrogens with two attached hydrogens (primary N) is 1. The molecule has 2 aromatic rings. The molecule has 7 heteroatoms.